The Morgan fingerprint density at radius 1 is 1.24 bits per heavy atom. The lowest BCUT2D eigenvalue weighted by atomic mass is 10.3. The fraction of sp³-hybridized carbons (Fsp3) is 0.154. The minimum Gasteiger partial charge on any atom is -0.475 e. The molecule has 0 radical (unpaired) electrons. The number of H-pyrrole nitrogens is 1. The molecule has 0 saturated carbocycles. The maximum atomic E-state index is 12.0. The topological polar surface area (TPSA) is 121 Å². The average Bonchev–Trinajstić information content (AvgIpc) is 3.07. The van der Waals surface area contributed by atoms with Gasteiger partial charge in [0.25, 0.3) is 5.91 Å². The zero-order valence-electron chi connectivity index (χ0n) is 11.2. The molecule has 8 heteroatoms. The van der Waals surface area contributed by atoms with Crippen LogP contribution in [0, 0.1) is 13.8 Å². The smallest absolute Gasteiger partial charge is 0.371 e. The molecular formula is C13H11N3O5. The van der Waals surface area contributed by atoms with Gasteiger partial charge >= 0.3 is 5.97 Å². The number of carboxylic acid groups (broad SMARTS) is 1. The fourth-order valence-electron chi connectivity index (χ4n) is 1.86. The van der Waals surface area contributed by atoms with Crippen LogP contribution >= 0.6 is 0 Å². The van der Waals surface area contributed by atoms with E-state index in [0.29, 0.717) is 11.3 Å². The van der Waals surface area contributed by atoms with Crippen LogP contribution in [0.2, 0.25) is 0 Å². The molecule has 0 saturated heterocycles. The number of carbonyl (C=O) groups is 2. The molecule has 0 aliphatic rings. The highest BCUT2D eigenvalue weighted by molar-refractivity contribution is 6.06. The van der Waals surface area contributed by atoms with Gasteiger partial charge in [-0.25, -0.2) is 4.79 Å². The van der Waals surface area contributed by atoms with Crippen LogP contribution in [-0.2, 0) is 0 Å². The standard InChI is InChI=1S/C13H11N3O5/c1-5-3-8(20-6(5)2)12(17)14-11-10-7(15-16-11)4-9(21-10)13(18)19/h3-4H,1-2H3,(H,18,19)(H2,14,15,16,17). The van der Waals surface area contributed by atoms with E-state index in [1.807, 2.05) is 6.92 Å². The van der Waals surface area contributed by atoms with E-state index in [9.17, 15) is 9.59 Å². The van der Waals surface area contributed by atoms with Gasteiger partial charge in [-0.3, -0.25) is 15.2 Å². The zero-order chi connectivity index (χ0) is 15.1. The summed E-state index contributed by atoms with van der Waals surface area (Å²) in [5, 5.41) is 17.8. The summed E-state index contributed by atoms with van der Waals surface area (Å²) in [6.07, 6.45) is 0. The number of carboxylic acids is 1. The van der Waals surface area contributed by atoms with Gasteiger partial charge in [0.05, 0.1) is 0 Å². The summed E-state index contributed by atoms with van der Waals surface area (Å²) in [6, 6.07) is 2.90. The summed E-state index contributed by atoms with van der Waals surface area (Å²) in [5.74, 6) is -1.03. The van der Waals surface area contributed by atoms with Crippen molar-refractivity contribution in [2.24, 2.45) is 0 Å². The van der Waals surface area contributed by atoms with E-state index in [4.69, 9.17) is 13.9 Å². The molecule has 0 atom stereocenters. The van der Waals surface area contributed by atoms with Crippen LogP contribution in [0.4, 0.5) is 5.82 Å². The number of hydrogen-bond acceptors (Lipinski definition) is 5. The maximum Gasteiger partial charge on any atom is 0.371 e. The molecule has 3 aromatic rings. The first-order valence-electron chi connectivity index (χ1n) is 6.05. The normalized spacial score (nSPS) is 11.0. The predicted molar refractivity (Wildman–Crippen MR) is 71.5 cm³/mol. The lowest BCUT2D eigenvalue weighted by molar-refractivity contribution is 0.0665. The molecule has 108 valence electrons. The first-order chi connectivity index (χ1) is 9.95. The van der Waals surface area contributed by atoms with Gasteiger partial charge in [-0.15, -0.1) is 0 Å². The number of nitrogens with one attached hydrogen (secondary N) is 2. The lowest BCUT2D eigenvalue weighted by Crippen LogP contribution is -2.11. The largest absolute Gasteiger partial charge is 0.475 e. The third kappa shape index (κ3) is 2.16. The van der Waals surface area contributed by atoms with Crippen LogP contribution in [0.3, 0.4) is 0 Å². The van der Waals surface area contributed by atoms with Gasteiger partial charge < -0.3 is 13.9 Å². The van der Waals surface area contributed by atoms with Crippen LogP contribution in [0.25, 0.3) is 11.1 Å². The van der Waals surface area contributed by atoms with Crippen LogP contribution in [0.1, 0.15) is 32.4 Å². The number of anilines is 1. The molecule has 3 aromatic heterocycles. The summed E-state index contributed by atoms with van der Waals surface area (Å²) >= 11 is 0. The number of amides is 1. The monoisotopic (exact) mass is 289 g/mol. The van der Waals surface area contributed by atoms with Gasteiger partial charge in [0, 0.05) is 6.07 Å². The first-order valence-corrected chi connectivity index (χ1v) is 6.05. The Morgan fingerprint density at radius 3 is 2.62 bits per heavy atom. The highest BCUT2D eigenvalue weighted by Crippen LogP contribution is 2.25. The van der Waals surface area contributed by atoms with E-state index in [1.54, 1.807) is 13.0 Å². The Hall–Kier alpha value is -3.03. The highest BCUT2D eigenvalue weighted by Gasteiger charge is 2.19. The first kappa shape index (κ1) is 13.0. The number of rotatable bonds is 3. The summed E-state index contributed by atoms with van der Waals surface area (Å²) in [5.41, 5.74) is 1.41. The summed E-state index contributed by atoms with van der Waals surface area (Å²) < 4.78 is 10.4. The molecule has 8 nitrogen and oxygen atoms in total. The minimum absolute atomic E-state index is 0.106. The molecule has 0 spiro atoms. The molecule has 21 heavy (non-hydrogen) atoms. The molecule has 3 rings (SSSR count). The number of carbonyl (C=O) groups excluding carboxylic acids is 1. The third-order valence-electron chi connectivity index (χ3n) is 3.07. The fourth-order valence-corrected chi connectivity index (χ4v) is 1.86. The van der Waals surface area contributed by atoms with Crippen molar-refractivity contribution in [3.8, 4) is 0 Å². The molecule has 0 fully saturated rings. The predicted octanol–water partition coefficient (Wildman–Crippen LogP) is 2.32. The zero-order valence-corrected chi connectivity index (χ0v) is 11.2. The van der Waals surface area contributed by atoms with E-state index >= 15 is 0 Å². The molecule has 1 amide bonds. The SMILES string of the molecule is Cc1cc(C(=O)Nc2n[nH]c3cc(C(=O)O)oc23)oc1C. The van der Waals surface area contributed by atoms with Gasteiger partial charge in [0.15, 0.2) is 17.2 Å². The third-order valence-corrected chi connectivity index (χ3v) is 3.07. The Morgan fingerprint density at radius 2 is 2.00 bits per heavy atom. The van der Waals surface area contributed by atoms with E-state index in [0.717, 1.165) is 5.56 Å². The maximum absolute atomic E-state index is 12.0. The molecule has 3 N–H and O–H groups in total. The van der Waals surface area contributed by atoms with Crippen molar-refractivity contribution < 1.29 is 23.5 Å². The van der Waals surface area contributed by atoms with Crippen molar-refractivity contribution in [2.75, 3.05) is 5.32 Å². The Kier molecular flexibility index (Phi) is 2.79. The van der Waals surface area contributed by atoms with Crippen LogP contribution in [0.15, 0.2) is 21.0 Å². The van der Waals surface area contributed by atoms with Crippen molar-refractivity contribution in [3.05, 3.63) is 35.0 Å². The molecule has 0 aliphatic carbocycles. The molecular weight excluding hydrogens is 278 g/mol. The number of nitrogens with zero attached hydrogens (tertiary/aromatic N) is 1. The van der Waals surface area contributed by atoms with Crippen molar-refractivity contribution in [1.82, 2.24) is 10.2 Å². The molecule has 0 aromatic carbocycles. The van der Waals surface area contributed by atoms with Crippen molar-refractivity contribution in [2.45, 2.75) is 13.8 Å². The van der Waals surface area contributed by atoms with E-state index in [2.05, 4.69) is 15.5 Å². The van der Waals surface area contributed by atoms with Crippen molar-refractivity contribution in [3.63, 3.8) is 0 Å². The van der Waals surface area contributed by atoms with Crippen molar-refractivity contribution >= 4 is 28.8 Å². The van der Waals surface area contributed by atoms with Gasteiger partial charge in [-0.05, 0) is 25.5 Å². The van der Waals surface area contributed by atoms with E-state index in [-0.39, 0.29) is 22.9 Å². The van der Waals surface area contributed by atoms with Crippen molar-refractivity contribution in [1.29, 1.82) is 0 Å². The van der Waals surface area contributed by atoms with Gasteiger partial charge in [-0.1, -0.05) is 0 Å². The number of aromatic carboxylic acids is 1. The Bertz CT molecular complexity index is 835. The van der Waals surface area contributed by atoms with Crippen LogP contribution in [-0.4, -0.2) is 27.2 Å². The van der Waals surface area contributed by atoms with Crippen LogP contribution in [0.5, 0.6) is 0 Å². The molecule has 0 aliphatic heterocycles. The second-order valence-corrected chi connectivity index (χ2v) is 4.53. The lowest BCUT2D eigenvalue weighted by Gasteiger charge is -1.97. The highest BCUT2D eigenvalue weighted by atomic mass is 16.4. The van der Waals surface area contributed by atoms with Crippen LogP contribution < -0.4 is 5.32 Å². The summed E-state index contributed by atoms with van der Waals surface area (Å²) in [6.45, 7) is 3.58. The number of aromatic nitrogens is 2. The number of furan rings is 2. The van der Waals surface area contributed by atoms with Gasteiger partial charge in [-0.2, -0.15) is 5.10 Å². The summed E-state index contributed by atoms with van der Waals surface area (Å²) in [4.78, 5) is 22.9. The minimum atomic E-state index is -1.20. The second kappa shape index (κ2) is 4.51. The number of hydrogen-bond donors (Lipinski definition) is 3. The van der Waals surface area contributed by atoms with Gasteiger partial charge in [0.2, 0.25) is 5.76 Å². The number of fused-ring (bicyclic) bond motifs is 1. The summed E-state index contributed by atoms with van der Waals surface area (Å²) in [7, 11) is 0. The average molecular weight is 289 g/mol. The number of aromatic amines is 1. The molecule has 0 unspecified atom stereocenters. The Balaban J connectivity index is 1.90. The number of aryl methyl sites for hydroxylation is 2. The Labute approximate surface area is 117 Å². The second-order valence-electron chi connectivity index (χ2n) is 4.53. The quantitative estimate of drug-likeness (QED) is 0.680. The van der Waals surface area contributed by atoms with E-state index < -0.39 is 11.9 Å². The molecule has 3 heterocycles. The molecule has 0 bridgehead atoms. The van der Waals surface area contributed by atoms with E-state index in [1.165, 1.54) is 6.07 Å². The van der Waals surface area contributed by atoms with Gasteiger partial charge in [0.1, 0.15) is 11.3 Å².